The van der Waals surface area contributed by atoms with E-state index in [0.29, 0.717) is 6.29 Å². The first-order valence-corrected chi connectivity index (χ1v) is 4.54. The fourth-order valence-corrected chi connectivity index (χ4v) is 1.24. The van der Waals surface area contributed by atoms with Crippen LogP contribution in [0.15, 0.2) is 12.1 Å². The molecule has 1 aromatic rings. The molecule has 0 saturated heterocycles. The van der Waals surface area contributed by atoms with Gasteiger partial charge in [0.05, 0.1) is 12.2 Å². The number of nitriles is 1. The number of hydrogen-bond donors (Lipinski definition) is 1. The fraction of sp³-hybridized carbons (Fsp3) is 0.182. The number of benzene rings is 1. The van der Waals surface area contributed by atoms with Gasteiger partial charge in [0.1, 0.15) is 17.4 Å². The Hall–Kier alpha value is -2.35. The summed E-state index contributed by atoms with van der Waals surface area (Å²) in [6.45, 7) is 1.73. The molecule has 0 aliphatic heterocycles. The second-order valence-electron chi connectivity index (χ2n) is 2.87. The maximum Gasteiger partial charge on any atom is 0.340 e. The molecule has 0 fully saturated rings. The lowest BCUT2D eigenvalue weighted by atomic mass is 10.0. The number of aldehydes is 1. The lowest BCUT2D eigenvalue weighted by Crippen LogP contribution is -2.10. The SMILES string of the molecule is CCOC(=O)c1c(C=O)ccc(O)c1C#N. The number of ether oxygens (including phenoxy) is 1. The first-order chi connectivity index (χ1) is 7.65. The summed E-state index contributed by atoms with van der Waals surface area (Å²) in [5.74, 6) is -1.15. The third kappa shape index (κ3) is 2.01. The van der Waals surface area contributed by atoms with Crippen LogP contribution >= 0.6 is 0 Å². The Kier molecular flexibility index (Phi) is 3.62. The lowest BCUT2D eigenvalue weighted by molar-refractivity contribution is 0.0523. The number of phenols is 1. The highest BCUT2D eigenvalue weighted by Crippen LogP contribution is 2.23. The van der Waals surface area contributed by atoms with Crippen LogP contribution in [0.3, 0.4) is 0 Å². The number of carbonyl (C=O) groups is 2. The van der Waals surface area contributed by atoms with Gasteiger partial charge in [-0.25, -0.2) is 4.79 Å². The maximum atomic E-state index is 11.5. The molecule has 1 rings (SSSR count). The van der Waals surface area contributed by atoms with Crippen molar-refractivity contribution < 1.29 is 19.4 Å². The van der Waals surface area contributed by atoms with E-state index in [1.54, 1.807) is 13.0 Å². The molecule has 5 heteroatoms. The molecule has 0 spiro atoms. The van der Waals surface area contributed by atoms with Gasteiger partial charge in [0.2, 0.25) is 0 Å². The minimum atomic E-state index is -0.794. The van der Waals surface area contributed by atoms with E-state index in [9.17, 15) is 14.7 Å². The van der Waals surface area contributed by atoms with Crippen molar-refractivity contribution in [2.45, 2.75) is 6.92 Å². The van der Waals surface area contributed by atoms with Crippen molar-refractivity contribution in [3.63, 3.8) is 0 Å². The van der Waals surface area contributed by atoms with Crippen LogP contribution in [0.25, 0.3) is 0 Å². The zero-order valence-electron chi connectivity index (χ0n) is 8.56. The lowest BCUT2D eigenvalue weighted by Gasteiger charge is -2.07. The van der Waals surface area contributed by atoms with Gasteiger partial charge in [-0.3, -0.25) is 4.79 Å². The van der Waals surface area contributed by atoms with Crippen molar-refractivity contribution >= 4 is 12.3 Å². The smallest absolute Gasteiger partial charge is 0.340 e. The van der Waals surface area contributed by atoms with E-state index >= 15 is 0 Å². The van der Waals surface area contributed by atoms with Crippen molar-refractivity contribution in [1.82, 2.24) is 0 Å². The average Bonchev–Trinajstić information content (AvgIpc) is 2.28. The highest BCUT2D eigenvalue weighted by molar-refractivity contribution is 6.01. The van der Waals surface area contributed by atoms with Crippen molar-refractivity contribution in [2.24, 2.45) is 0 Å². The second-order valence-corrected chi connectivity index (χ2v) is 2.87. The monoisotopic (exact) mass is 219 g/mol. The van der Waals surface area contributed by atoms with Gasteiger partial charge >= 0.3 is 5.97 Å². The predicted molar refractivity (Wildman–Crippen MR) is 54.2 cm³/mol. The van der Waals surface area contributed by atoms with E-state index in [-0.39, 0.29) is 29.0 Å². The highest BCUT2D eigenvalue weighted by Gasteiger charge is 2.20. The summed E-state index contributed by atoms with van der Waals surface area (Å²) in [5.41, 5.74) is -0.421. The fourth-order valence-electron chi connectivity index (χ4n) is 1.24. The Morgan fingerprint density at radius 3 is 2.81 bits per heavy atom. The molecule has 0 unspecified atom stereocenters. The molecule has 0 bridgehead atoms. The third-order valence-corrected chi connectivity index (χ3v) is 1.93. The van der Waals surface area contributed by atoms with Crippen LogP contribution in [0.1, 0.15) is 33.2 Å². The molecule has 16 heavy (non-hydrogen) atoms. The largest absolute Gasteiger partial charge is 0.507 e. The predicted octanol–water partition coefficient (Wildman–Crippen LogP) is 1.25. The molecule has 0 aromatic heterocycles. The summed E-state index contributed by atoms with van der Waals surface area (Å²) < 4.78 is 4.71. The maximum absolute atomic E-state index is 11.5. The minimum Gasteiger partial charge on any atom is -0.507 e. The number of phenolic OH excluding ortho intramolecular Hbond substituents is 1. The van der Waals surface area contributed by atoms with Crippen molar-refractivity contribution in [3.05, 3.63) is 28.8 Å². The van der Waals surface area contributed by atoms with Crippen molar-refractivity contribution in [1.29, 1.82) is 5.26 Å². The zero-order valence-corrected chi connectivity index (χ0v) is 8.56. The van der Waals surface area contributed by atoms with Gasteiger partial charge in [0.15, 0.2) is 6.29 Å². The first-order valence-electron chi connectivity index (χ1n) is 4.54. The number of esters is 1. The van der Waals surface area contributed by atoms with Gasteiger partial charge < -0.3 is 9.84 Å². The quantitative estimate of drug-likeness (QED) is 0.610. The van der Waals surface area contributed by atoms with Crippen LogP contribution in [-0.4, -0.2) is 24.0 Å². The molecule has 0 aliphatic carbocycles. The highest BCUT2D eigenvalue weighted by atomic mass is 16.5. The average molecular weight is 219 g/mol. The molecule has 5 nitrogen and oxygen atoms in total. The molecule has 0 atom stereocenters. The Morgan fingerprint density at radius 1 is 1.62 bits per heavy atom. The number of hydrogen-bond acceptors (Lipinski definition) is 5. The number of aromatic hydroxyl groups is 1. The third-order valence-electron chi connectivity index (χ3n) is 1.93. The molecule has 0 heterocycles. The summed E-state index contributed by atoms with van der Waals surface area (Å²) in [6, 6.07) is 4.11. The Morgan fingerprint density at radius 2 is 2.31 bits per heavy atom. The number of carbonyl (C=O) groups excluding carboxylic acids is 2. The molecule has 0 amide bonds. The number of nitrogens with zero attached hydrogens (tertiary/aromatic N) is 1. The first kappa shape index (κ1) is 11.7. The second kappa shape index (κ2) is 4.94. The van der Waals surface area contributed by atoms with Crippen LogP contribution < -0.4 is 0 Å². The Bertz CT molecular complexity index is 474. The van der Waals surface area contributed by atoms with Gasteiger partial charge in [-0.15, -0.1) is 0 Å². The standard InChI is InChI=1S/C11H9NO4/c1-2-16-11(15)10-7(6-13)3-4-9(14)8(10)5-12/h3-4,6,14H,2H2,1H3. The summed E-state index contributed by atoms with van der Waals surface area (Å²) in [4.78, 5) is 22.2. The summed E-state index contributed by atoms with van der Waals surface area (Å²) in [5, 5.41) is 18.2. The van der Waals surface area contributed by atoms with Crippen molar-refractivity contribution in [2.75, 3.05) is 6.61 Å². The molecule has 1 N–H and O–H groups in total. The van der Waals surface area contributed by atoms with Gasteiger partial charge in [-0.05, 0) is 19.1 Å². The molecular formula is C11H9NO4. The molecule has 0 radical (unpaired) electrons. The van der Waals surface area contributed by atoms with Crippen molar-refractivity contribution in [3.8, 4) is 11.8 Å². The topological polar surface area (TPSA) is 87.4 Å². The van der Waals surface area contributed by atoms with E-state index in [1.165, 1.54) is 12.1 Å². The molecule has 1 aromatic carbocycles. The molecule has 0 aliphatic rings. The van der Waals surface area contributed by atoms with E-state index < -0.39 is 5.97 Å². The molecule has 0 saturated carbocycles. The van der Waals surface area contributed by atoms with Gasteiger partial charge in [0.25, 0.3) is 0 Å². The summed E-state index contributed by atoms with van der Waals surface area (Å²) >= 11 is 0. The summed E-state index contributed by atoms with van der Waals surface area (Å²) in [7, 11) is 0. The Balaban J connectivity index is 3.43. The van der Waals surface area contributed by atoms with Gasteiger partial charge in [-0.1, -0.05) is 0 Å². The number of rotatable bonds is 3. The van der Waals surface area contributed by atoms with Gasteiger partial charge in [-0.2, -0.15) is 5.26 Å². The van der Waals surface area contributed by atoms with Crippen LogP contribution in [0.4, 0.5) is 0 Å². The van der Waals surface area contributed by atoms with Gasteiger partial charge in [0, 0.05) is 5.56 Å². The van der Waals surface area contributed by atoms with Crippen LogP contribution in [0.5, 0.6) is 5.75 Å². The van der Waals surface area contributed by atoms with E-state index in [4.69, 9.17) is 10.00 Å². The van der Waals surface area contributed by atoms with Crippen LogP contribution in [0.2, 0.25) is 0 Å². The molecular weight excluding hydrogens is 210 g/mol. The Labute approximate surface area is 91.9 Å². The van der Waals surface area contributed by atoms with E-state index in [2.05, 4.69) is 0 Å². The summed E-state index contributed by atoms with van der Waals surface area (Å²) in [6.07, 6.45) is 0.437. The molecule has 82 valence electrons. The minimum absolute atomic E-state index is 0.0211. The van der Waals surface area contributed by atoms with Crippen LogP contribution in [0, 0.1) is 11.3 Å². The normalized spacial score (nSPS) is 9.25. The van der Waals surface area contributed by atoms with E-state index in [1.807, 2.05) is 0 Å². The van der Waals surface area contributed by atoms with Crippen LogP contribution in [-0.2, 0) is 4.74 Å². The zero-order chi connectivity index (χ0) is 12.1. The van der Waals surface area contributed by atoms with E-state index in [0.717, 1.165) is 0 Å².